The zero-order valence-corrected chi connectivity index (χ0v) is 9.03. The first-order chi connectivity index (χ1) is 7.92. The lowest BCUT2D eigenvalue weighted by molar-refractivity contribution is 0.477. The maximum Gasteiger partial charge on any atom is 0.201 e. The van der Waals surface area contributed by atoms with Gasteiger partial charge in [0.05, 0.1) is 11.7 Å². The van der Waals surface area contributed by atoms with Gasteiger partial charge in [0.2, 0.25) is 5.95 Å². The van der Waals surface area contributed by atoms with Crippen molar-refractivity contribution in [3.8, 4) is 0 Å². The molecule has 0 amide bonds. The molecule has 0 atom stereocenters. The third-order valence-corrected chi connectivity index (χ3v) is 2.97. The normalized spacial score (nSPS) is 17.8. The predicted molar refractivity (Wildman–Crippen MR) is 63.4 cm³/mol. The summed E-state index contributed by atoms with van der Waals surface area (Å²) in [6.45, 7) is 2.17. The van der Waals surface area contributed by atoms with E-state index in [0.29, 0.717) is 6.04 Å². The van der Waals surface area contributed by atoms with Gasteiger partial charge in [-0.15, -0.1) is 0 Å². The van der Waals surface area contributed by atoms with Crippen molar-refractivity contribution in [1.82, 2.24) is 20.3 Å². The van der Waals surface area contributed by atoms with Gasteiger partial charge in [0.1, 0.15) is 5.52 Å². The minimum absolute atomic E-state index is 0.523. The molecule has 5 heteroatoms. The average Bonchev–Trinajstić information content (AvgIpc) is 2.72. The third-order valence-electron chi connectivity index (χ3n) is 2.97. The van der Waals surface area contributed by atoms with E-state index in [1.54, 1.807) is 12.4 Å². The Hall–Kier alpha value is -1.62. The molecule has 0 saturated carbocycles. The van der Waals surface area contributed by atoms with E-state index in [0.717, 1.165) is 42.9 Å². The second kappa shape index (κ2) is 4.09. The molecular formula is C11H15N5. The van der Waals surface area contributed by atoms with Gasteiger partial charge in [-0.3, -0.25) is 4.98 Å². The number of hydrogen-bond acceptors (Lipinski definition) is 4. The molecule has 2 aromatic heterocycles. The van der Waals surface area contributed by atoms with Gasteiger partial charge in [0.25, 0.3) is 0 Å². The first kappa shape index (κ1) is 9.59. The minimum atomic E-state index is 0.523. The van der Waals surface area contributed by atoms with Gasteiger partial charge >= 0.3 is 0 Å². The van der Waals surface area contributed by atoms with Crippen LogP contribution in [0.25, 0.3) is 11.0 Å². The molecular weight excluding hydrogens is 202 g/mol. The number of rotatable bonds is 2. The average molecular weight is 217 g/mol. The number of pyridine rings is 1. The molecule has 2 aromatic rings. The number of nitrogens with zero attached hydrogens (tertiary/aromatic N) is 2. The lowest BCUT2D eigenvalue weighted by atomic mass is 10.1. The Labute approximate surface area is 93.7 Å². The number of anilines is 1. The smallest absolute Gasteiger partial charge is 0.201 e. The highest BCUT2D eigenvalue weighted by molar-refractivity contribution is 5.76. The lowest BCUT2D eigenvalue weighted by Crippen LogP contribution is -2.35. The highest BCUT2D eigenvalue weighted by Crippen LogP contribution is 2.15. The highest BCUT2D eigenvalue weighted by Gasteiger charge is 2.13. The minimum Gasteiger partial charge on any atom is -0.353 e. The standard InChI is InChI=1S/C11H15N5/c1-4-12-5-2-8(1)14-11-15-9-3-6-13-7-10(9)16-11/h3,6-8,12H,1-2,4-5H2,(H2,14,15,16). The largest absolute Gasteiger partial charge is 0.353 e. The second-order valence-corrected chi connectivity index (χ2v) is 4.15. The van der Waals surface area contributed by atoms with Crippen LogP contribution in [-0.2, 0) is 0 Å². The summed E-state index contributed by atoms with van der Waals surface area (Å²) < 4.78 is 0. The predicted octanol–water partition coefficient (Wildman–Crippen LogP) is 1.12. The first-order valence-electron chi connectivity index (χ1n) is 5.69. The van der Waals surface area contributed by atoms with Crippen molar-refractivity contribution in [2.24, 2.45) is 0 Å². The monoisotopic (exact) mass is 217 g/mol. The fourth-order valence-corrected chi connectivity index (χ4v) is 2.08. The van der Waals surface area contributed by atoms with Crippen LogP contribution in [0.3, 0.4) is 0 Å². The van der Waals surface area contributed by atoms with Gasteiger partial charge in [-0.1, -0.05) is 0 Å². The van der Waals surface area contributed by atoms with Gasteiger partial charge in [-0.05, 0) is 32.0 Å². The van der Waals surface area contributed by atoms with E-state index in [4.69, 9.17) is 0 Å². The summed E-state index contributed by atoms with van der Waals surface area (Å²) in [5, 5.41) is 6.78. The Balaban J connectivity index is 1.78. The summed E-state index contributed by atoms with van der Waals surface area (Å²) in [5.41, 5.74) is 1.95. The Morgan fingerprint density at radius 1 is 1.31 bits per heavy atom. The number of nitrogens with one attached hydrogen (secondary N) is 3. The molecule has 0 radical (unpaired) electrons. The Morgan fingerprint density at radius 2 is 2.19 bits per heavy atom. The van der Waals surface area contributed by atoms with Crippen LogP contribution in [0.2, 0.25) is 0 Å². The SMILES string of the molecule is c1cc2[nH]c(NC3CCNCC3)nc2cn1. The second-order valence-electron chi connectivity index (χ2n) is 4.15. The van der Waals surface area contributed by atoms with Crippen molar-refractivity contribution >= 4 is 17.0 Å². The molecule has 5 nitrogen and oxygen atoms in total. The number of aromatic amines is 1. The van der Waals surface area contributed by atoms with Crippen LogP contribution in [0.5, 0.6) is 0 Å². The summed E-state index contributed by atoms with van der Waals surface area (Å²) in [6, 6.07) is 2.46. The van der Waals surface area contributed by atoms with Crippen LogP contribution in [0.4, 0.5) is 5.95 Å². The summed E-state index contributed by atoms with van der Waals surface area (Å²) in [6.07, 6.45) is 5.85. The van der Waals surface area contributed by atoms with Gasteiger partial charge in [0.15, 0.2) is 0 Å². The highest BCUT2D eigenvalue weighted by atomic mass is 15.1. The Kier molecular flexibility index (Phi) is 2.46. The quantitative estimate of drug-likeness (QED) is 0.705. The fraction of sp³-hybridized carbons (Fsp3) is 0.455. The van der Waals surface area contributed by atoms with Crippen LogP contribution in [0.1, 0.15) is 12.8 Å². The first-order valence-corrected chi connectivity index (χ1v) is 5.69. The fourth-order valence-electron chi connectivity index (χ4n) is 2.08. The van der Waals surface area contributed by atoms with E-state index in [2.05, 4.69) is 25.6 Å². The van der Waals surface area contributed by atoms with E-state index in [9.17, 15) is 0 Å². The molecule has 1 aliphatic rings. The molecule has 1 saturated heterocycles. The molecule has 1 aliphatic heterocycles. The molecule has 0 aromatic carbocycles. The maximum atomic E-state index is 4.46. The van der Waals surface area contributed by atoms with Crippen LogP contribution >= 0.6 is 0 Å². The van der Waals surface area contributed by atoms with E-state index >= 15 is 0 Å². The van der Waals surface area contributed by atoms with E-state index < -0.39 is 0 Å². The molecule has 0 spiro atoms. The summed E-state index contributed by atoms with van der Waals surface area (Å²) in [4.78, 5) is 11.8. The van der Waals surface area contributed by atoms with E-state index in [1.165, 1.54) is 0 Å². The van der Waals surface area contributed by atoms with Crippen LogP contribution in [0, 0.1) is 0 Å². The van der Waals surface area contributed by atoms with Crippen LogP contribution in [0.15, 0.2) is 18.5 Å². The van der Waals surface area contributed by atoms with Crippen LogP contribution in [-0.4, -0.2) is 34.1 Å². The summed E-state index contributed by atoms with van der Waals surface area (Å²) in [7, 11) is 0. The third kappa shape index (κ3) is 1.86. The number of hydrogen-bond donors (Lipinski definition) is 3. The Morgan fingerprint density at radius 3 is 3.00 bits per heavy atom. The summed E-state index contributed by atoms with van der Waals surface area (Å²) >= 11 is 0. The zero-order chi connectivity index (χ0) is 10.8. The van der Waals surface area contributed by atoms with Crippen molar-refractivity contribution in [3.05, 3.63) is 18.5 Å². The molecule has 3 rings (SSSR count). The van der Waals surface area contributed by atoms with E-state index in [-0.39, 0.29) is 0 Å². The van der Waals surface area contributed by atoms with Gasteiger partial charge < -0.3 is 15.6 Å². The number of piperidine rings is 1. The molecule has 0 aliphatic carbocycles. The van der Waals surface area contributed by atoms with Crippen molar-refractivity contribution in [2.75, 3.05) is 18.4 Å². The molecule has 16 heavy (non-hydrogen) atoms. The topological polar surface area (TPSA) is 65.6 Å². The molecule has 0 unspecified atom stereocenters. The van der Waals surface area contributed by atoms with Crippen molar-refractivity contribution in [3.63, 3.8) is 0 Å². The molecule has 1 fully saturated rings. The molecule has 3 N–H and O–H groups in total. The van der Waals surface area contributed by atoms with Gasteiger partial charge in [-0.25, -0.2) is 4.98 Å². The van der Waals surface area contributed by atoms with Crippen molar-refractivity contribution < 1.29 is 0 Å². The van der Waals surface area contributed by atoms with Crippen molar-refractivity contribution in [2.45, 2.75) is 18.9 Å². The van der Waals surface area contributed by atoms with Crippen LogP contribution < -0.4 is 10.6 Å². The summed E-state index contributed by atoms with van der Waals surface area (Å²) in [5.74, 6) is 0.856. The zero-order valence-electron chi connectivity index (χ0n) is 9.03. The lowest BCUT2D eigenvalue weighted by Gasteiger charge is -2.23. The van der Waals surface area contributed by atoms with Gasteiger partial charge in [0, 0.05) is 12.2 Å². The molecule has 0 bridgehead atoms. The molecule has 84 valence electrons. The number of fused-ring (bicyclic) bond motifs is 1. The number of H-pyrrole nitrogens is 1. The van der Waals surface area contributed by atoms with E-state index in [1.807, 2.05) is 6.07 Å². The number of aromatic nitrogens is 3. The maximum absolute atomic E-state index is 4.46. The Bertz CT molecular complexity index is 439. The van der Waals surface area contributed by atoms with Gasteiger partial charge in [-0.2, -0.15) is 0 Å². The number of imidazole rings is 1. The van der Waals surface area contributed by atoms with Crippen molar-refractivity contribution in [1.29, 1.82) is 0 Å². The molecule has 3 heterocycles.